The van der Waals surface area contributed by atoms with Gasteiger partial charge in [0.25, 0.3) is 5.91 Å². The van der Waals surface area contributed by atoms with Crippen LogP contribution in [0.25, 0.3) is 10.8 Å². The fourth-order valence-corrected chi connectivity index (χ4v) is 4.39. The Hall–Kier alpha value is -4.12. The van der Waals surface area contributed by atoms with Crippen LogP contribution in [0, 0.1) is 0 Å². The Labute approximate surface area is 211 Å². The fourth-order valence-electron chi connectivity index (χ4n) is 4.39. The van der Waals surface area contributed by atoms with E-state index in [9.17, 15) is 14.7 Å². The predicted molar refractivity (Wildman–Crippen MR) is 142 cm³/mol. The Morgan fingerprint density at radius 2 is 1.58 bits per heavy atom. The van der Waals surface area contributed by atoms with Crippen molar-refractivity contribution in [2.24, 2.45) is 0 Å². The van der Waals surface area contributed by atoms with E-state index in [1.807, 2.05) is 67.6 Å². The smallest absolute Gasteiger partial charge is 0.306 e. The minimum Gasteiger partial charge on any atom is -0.507 e. The van der Waals surface area contributed by atoms with Gasteiger partial charge in [0.05, 0.1) is 18.2 Å². The highest BCUT2D eigenvalue weighted by Crippen LogP contribution is 2.26. The lowest BCUT2D eigenvalue weighted by Crippen LogP contribution is -2.27. The lowest BCUT2D eigenvalue weighted by molar-refractivity contribution is -0.143. The van der Waals surface area contributed by atoms with E-state index in [1.54, 1.807) is 19.1 Å². The number of ether oxygens (including phenoxy) is 1. The summed E-state index contributed by atoms with van der Waals surface area (Å²) in [6, 6.07) is 27.1. The first-order chi connectivity index (χ1) is 17.4. The summed E-state index contributed by atoms with van der Waals surface area (Å²) >= 11 is 0. The molecular formula is C31H31NO4. The van der Waals surface area contributed by atoms with E-state index >= 15 is 0 Å². The van der Waals surface area contributed by atoms with Crippen molar-refractivity contribution in [1.82, 2.24) is 5.32 Å². The lowest BCUT2D eigenvalue weighted by Gasteiger charge is -2.17. The second kappa shape index (κ2) is 11.5. The van der Waals surface area contributed by atoms with Crippen LogP contribution in [0.4, 0.5) is 0 Å². The van der Waals surface area contributed by atoms with Crippen LogP contribution in [0.15, 0.2) is 84.9 Å². The van der Waals surface area contributed by atoms with Gasteiger partial charge >= 0.3 is 5.97 Å². The molecule has 36 heavy (non-hydrogen) atoms. The third kappa shape index (κ3) is 6.11. The Balaban J connectivity index is 1.43. The number of aryl methyl sites for hydroxylation is 1. The number of nitrogens with one attached hydrogen (secondary N) is 1. The lowest BCUT2D eigenvalue weighted by atomic mass is 9.98. The molecular weight excluding hydrogens is 450 g/mol. The molecule has 1 atom stereocenters. The highest BCUT2D eigenvalue weighted by molar-refractivity contribution is 5.97. The van der Waals surface area contributed by atoms with Crippen LogP contribution in [-0.4, -0.2) is 23.6 Å². The highest BCUT2D eigenvalue weighted by atomic mass is 16.5. The van der Waals surface area contributed by atoms with Gasteiger partial charge in [0.15, 0.2) is 0 Å². The summed E-state index contributed by atoms with van der Waals surface area (Å²) in [5.74, 6) is -0.550. The Bertz CT molecular complexity index is 1360. The van der Waals surface area contributed by atoms with Crippen molar-refractivity contribution in [2.45, 2.75) is 39.2 Å². The molecule has 1 amide bonds. The predicted octanol–water partition coefficient (Wildman–Crippen LogP) is 6.12. The first-order valence-corrected chi connectivity index (χ1v) is 12.3. The molecule has 5 nitrogen and oxygen atoms in total. The number of esters is 1. The molecule has 0 spiro atoms. The quantitative estimate of drug-likeness (QED) is 0.282. The Morgan fingerprint density at radius 3 is 2.36 bits per heavy atom. The third-order valence-corrected chi connectivity index (χ3v) is 6.30. The molecule has 0 aliphatic carbocycles. The largest absolute Gasteiger partial charge is 0.507 e. The van der Waals surface area contributed by atoms with E-state index < -0.39 is 0 Å². The maximum atomic E-state index is 13.1. The molecule has 2 N–H and O–H groups in total. The summed E-state index contributed by atoms with van der Waals surface area (Å²) in [5, 5.41) is 15.7. The minimum absolute atomic E-state index is 0.0457. The number of phenolic OH excluding ortho intramolecular Hbond substituents is 1. The molecule has 0 aliphatic rings. The van der Waals surface area contributed by atoms with Crippen molar-refractivity contribution in [1.29, 1.82) is 0 Å². The van der Waals surface area contributed by atoms with E-state index in [2.05, 4.69) is 17.4 Å². The van der Waals surface area contributed by atoms with E-state index in [0.717, 1.165) is 33.0 Å². The van der Waals surface area contributed by atoms with Gasteiger partial charge in [0, 0.05) is 6.42 Å². The van der Waals surface area contributed by atoms with Crippen LogP contribution < -0.4 is 5.32 Å². The topological polar surface area (TPSA) is 75.6 Å². The SMILES string of the molecule is CCOC(=O)CCc1ccc(Cc2ccc(O)c(C(=O)N[C@@H](C)c3cccc4ccccc34)c2)cc1. The average molecular weight is 482 g/mol. The minimum atomic E-state index is -0.316. The number of hydrogen-bond acceptors (Lipinski definition) is 4. The number of fused-ring (bicyclic) bond motifs is 1. The number of aromatic hydroxyl groups is 1. The van der Waals surface area contributed by atoms with Crippen molar-refractivity contribution in [3.63, 3.8) is 0 Å². The Morgan fingerprint density at radius 1 is 0.889 bits per heavy atom. The van der Waals surface area contributed by atoms with Crippen LogP contribution in [-0.2, 0) is 22.4 Å². The molecule has 184 valence electrons. The molecule has 0 radical (unpaired) electrons. The number of phenols is 1. The second-order valence-electron chi connectivity index (χ2n) is 8.91. The average Bonchev–Trinajstić information content (AvgIpc) is 2.89. The van der Waals surface area contributed by atoms with Gasteiger partial charge in [-0.05, 0) is 71.8 Å². The summed E-state index contributed by atoms with van der Waals surface area (Å²) in [4.78, 5) is 24.7. The van der Waals surface area contributed by atoms with Crippen molar-refractivity contribution < 1.29 is 19.4 Å². The van der Waals surface area contributed by atoms with Crippen molar-refractivity contribution in [2.75, 3.05) is 6.61 Å². The molecule has 0 unspecified atom stereocenters. The van der Waals surface area contributed by atoms with Gasteiger partial charge in [0.1, 0.15) is 5.75 Å². The summed E-state index contributed by atoms with van der Waals surface area (Å²) in [6.07, 6.45) is 1.62. The monoisotopic (exact) mass is 481 g/mol. The van der Waals surface area contributed by atoms with E-state index in [-0.39, 0.29) is 29.2 Å². The second-order valence-corrected chi connectivity index (χ2v) is 8.91. The molecule has 0 saturated heterocycles. The summed E-state index contributed by atoms with van der Waals surface area (Å²) in [6.45, 7) is 4.15. The molecule has 4 rings (SSSR count). The van der Waals surface area contributed by atoms with Crippen molar-refractivity contribution in [3.8, 4) is 5.75 Å². The van der Waals surface area contributed by atoms with Crippen LogP contribution in [0.3, 0.4) is 0 Å². The number of benzene rings is 4. The van der Waals surface area contributed by atoms with Gasteiger partial charge in [-0.25, -0.2) is 0 Å². The van der Waals surface area contributed by atoms with Crippen molar-refractivity contribution >= 4 is 22.6 Å². The molecule has 4 aromatic rings. The van der Waals surface area contributed by atoms with Gasteiger partial charge < -0.3 is 15.2 Å². The van der Waals surface area contributed by atoms with Gasteiger partial charge in [-0.15, -0.1) is 0 Å². The zero-order chi connectivity index (χ0) is 25.5. The normalized spacial score (nSPS) is 11.7. The molecule has 0 saturated carbocycles. The zero-order valence-corrected chi connectivity index (χ0v) is 20.7. The first kappa shape index (κ1) is 25.0. The van der Waals surface area contributed by atoms with E-state index in [1.165, 1.54) is 0 Å². The fraction of sp³-hybridized carbons (Fsp3) is 0.226. The molecule has 4 aromatic carbocycles. The number of hydrogen-bond donors (Lipinski definition) is 2. The summed E-state index contributed by atoms with van der Waals surface area (Å²) in [5.41, 5.74) is 4.36. The van der Waals surface area contributed by atoms with Gasteiger partial charge in [0.2, 0.25) is 0 Å². The maximum Gasteiger partial charge on any atom is 0.306 e. The van der Waals surface area contributed by atoms with Crippen molar-refractivity contribution in [3.05, 3.63) is 113 Å². The summed E-state index contributed by atoms with van der Waals surface area (Å²) in [7, 11) is 0. The summed E-state index contributed by atoms with van der Waals surface area (Å²) < 4.78 is 4.98. The van der Waals surface area contributed by atoms with Gasteiger partial charge in [-0.2, -0.15) is 0 Å². The van der Waals surface area contributed by atoms with E-state index in [0.29, 0.717) is 25.9 Å². The molecule has 0 aliphatic heterocycles. The zero-order valence-electron chi connectivity index (χ0n) is 20.7. The third-order valence-electron chi connectivity index (χ3n) is 6.30. The van der Waals surface area contributed by atoms with Crippen LogP contribution in [0.5, 0.6) is 5.75 Å². The molecule has 5 heteroatoms. The number of rotatable bonds is 9. The molecule has 0 fully saturated rings. The number of carbonyl (C=O) groups excluding carboxylic acids is 2. The molecule has 0 bridgehead atoms. The Kier molecular flexibility index (Phi) is 8.01. The maximum absolute atomic E-state index is 13.1. The molecule has 0 aromatic heterocycles. The van der Waals surface area contributed by atoms with Gasteiger partial charge in [-0.1, -0.05) is 72.8 Å². The van der Waals surface area contributed by atoms with Gasteiger partial charge in [-0.3, -0.25) is 9.59 Å². The van der Waals surface area contributed by atoms with E-state index in [4.69, 9.17) is 4.74 Å². The van der Waals surface area contributed by atoms with Crippen LogP contribution in [0.2, 0.25) is 0 Å². The molecule has 0 heterocycles. The van der Waals surface area contributed by atoms with Crippen LogP contribution in [0.1, 0.15) is 58.9 Å². The highest BCUT2D eigenvalue weighted by Gasteiger charge is 2.17. The van der Waals surface area contributed by atoms with Crippen LogP contribution >= 0.6 is 0 Å². The standard InChI is InChI=1S/C31H31NO4/c1-3-36-30(34)18-16-22-11-13-23(14-12-22)19-24-15-17-29(33)28(20-24)31(35)32-21(2)26-10-6-8-25-7-4-5-9-27(25)26/h4-15,17,20-21,33H,3,16,18-19H2,1-2H3,(H,32,35)/t21-/m0/s1. The number of amides is 1. The number of carbonyl (C=O) groups is 2. The first-order valence-electron chi connectivity index (χ1n) is 12.3.